The summed E-state index contributed by atoms with van der Waals surface area (Å²) < 4.78 is 0. The van der Waals surface area contributed by atoms with Gasteiger partial charge in [-0.25, -0.2) is 0 Å². The third kappa shape index (κ3) is 3.83. The Morgan fingerprint density at radius 1 is 1.12 bits per heavy atom. The normalized spacial score (nSPS) is 14.4. The molecule has 1 fully saturated rings. The van der Waals surface area contributed by atoms with Crippen molar-refractivity contribution in [3.63, 3.8) is 0 Å². The Hall–Kier alpha value is -2.60. The van der Waals surface area contributed by atoms with Gasteiger partial charge in [0, 0.05) is 48.8 Å². The van der Waals surface area contributed by atoms with Crippen LogP contribution in [-0.4, -0.2) is 53.3 Å². The van der Waals surface area contributed by atoms with E-state index in [-0.39, 0.29) is 5.91 Å². The summed E-state index contributed by atoms with van der Waals surface area (Å²) in [6.45, 7) is 2.14. The van der Waals surface area contributed by atoms with Crippen molar-refractivity contribution in [3.05, 3.63) is 53.3 Å². The first-order valence-electron chi connectivity index (χ1n) is 7.63. The van der Waals surface area contributed by atoms with Crippen LogP contribution in [0.15, 0.2) is 42.6 Å². The van der Waals surface area contributed by atoms with Crippen molar-refractivity contribution >= 4 is 35.3 Å². The molecule has 1 aromatic carbocycles. The fraction of sp³-hybridized carbons (Fsp3) is 0.235. The molecule has 1 saturated heterocycles. The number of carbonyl (C=O) groups excluding carboxylic acids is 2. The molecule has 0 unspecified atom stereocenters. The molecular weight excluding hydrogens is 328 g/mol. The molecule has 0 atom stereocenters. The molecule has 1 aliphatic heterocycles. The van der Waals surface area contributed by atoms with Gasteiger partial charge in [-0.3, -0.25) is 14.6 Å². The fourth-order valence-corrected chi connectivity index (χ4v) is 2.74. The Labute approximate surface area is 145 Å². The minimum Gasteiger partial charge on any atom is -0.355 e. The maximum absolute atomic E-state index is 12.6. The highest BCUT2D eigenvalue weighted by Crippen LogP contribution is 2.20. The summed E-state index contributed by atoms with van der Waals surface area (Å²) in [7, 11) is 0. The van der Waals surface area contributed by atoms with Gasteiger partial charge in [-0.1, -0.05) is 17.7 Å². The van der Waals surface area contributed by atoms with Crippen molar-refractivity contribution in [2.24, 2.45) is 0 Å². The topological polar surface area (TPSA) is 65.5 Å². The Morgan fingerprint density at radius 2 is 1.88 bits per heavy atom. The lowest BCUT2D eigenvalue weighted by Gasteiger charge is -2.32. The van der Waals surface area contributed by atoms with Crippen molar-refractivity contribution in [3.8, 4) is 0 Å². The number of anilines is 2. The molecule has 3 rings (SSSR count). The van der Waals surface area contributed by atoms with Crippen LogP contribution in [-0.2, 0) is 4.79 Å². The summed E-state index contributed by atoms with van der Waals surface area (Å²) in [6.07, 6.45) is 2.41. The van der Waals surface area contributed by atoms with E-state index in [1.54, 1.807) is 34.2 Å². The Balaban J connectivity index is 1.71. The smallest absolute Gasteiger partial charge is 0.272 e. The molecule has 124 valence electrons. The molecular formula is C17H17ClN4O2. The molecule has 1 aromatic heterocycles. The number of piperazine rings is 1. The first-order valence-corrected chi connectivity index (χ1v) is 8.01. The van der Waals surface area contributed by atoms with E-state index in [9.17, 15) is 9.59 Å². The van der Waals surface area contributed by atoms with E-state index in [1.165, 1.54) is 0 Å². The molecule has 6 nitrogen and oxygen atoms in total. The van der Waals surface area contributed by atoms with Crippen LogP contribution < -0.4 is 5.32 Å². The molecule has 1 N–H and O–H groups in total. The molecule has 1 aliphatic rings. The number of rotatable bonds is 4. The van der Waals surface area contributed by atoms with E-state index < -0.39 is 0 Å². The van der Waals surface area contributed by atoms with Gasteiger partial charge in [0.05, 0.1) is 0 Å². The van der Waals surface area contributed by atoms with E-state index in [4.69, 9.17) is 11.6 Å². The highest BCUT2D eigenvalue weighted by molar-refractivity contribution is 6.30. The molecule has 2 heterocycles. The first kappa shape index (κ1) is 16.3. The number of nitrogens with zero attached hydrogens (tertiary/aromatic N) is 3. The maximum Gasteiger partial charge on any atom is 0.272 e. The zero-order valence-electron chi connectivity index (χ0n) is 13.0. The van der Waals surface area contributed by atoms with Crippen molar-refractivity contribution in [1.82, 2.24) is 14.8 Å². The highest BCUT2D eigenvalue weighted by atomic mass is 35.5. The summed E-state index contributed by atoms with van der Waals surface area (Å²) >= 11 is 5.98. The average molecular weight is 345 g/mol. The van der Waals surface area contributed by atoms with Gasteiger partial charge in [-0.2, -0.15) is 0 Å². The zero-order valence-corrected chi connectivity index (χ0v) is 13.7. The minimum absolute atomic E-state index is 0.129. The van der Waals surface area contributed by atoms with Crippen LogP contribution in [0.4, 0.5) is 11.4 Å². The number of halogens is 1. The van der Waals surface area contributed by atoms with Gasteiger partial charge in [0.2, 0.25) is 6.41 Å². The maximum atomic E-state index is 12.6. The predicted molar refractivity (Wildman–Crippen MR) is 92.5 cm³/mol. The summed E-state index contributed by atoms with van der Waals surface area (Å²) in [6, 6.07) is 10.9. The van der Waals surface area contributed by atoms with Crippen LogP contribution >= 0.6 is 11.6 Å². The van der Waals surface area contributed by atoms with Crippen molar-refractivity contribution in [1.29, 1.82) is 0 Å². The standard InChI is InChI=1S/C17H17ClN4O2/c18-13-2-1-3-14(10-13)20-15-4-5-19-16(11-15)17(24)22-8-6-21(12-23)7-9-22/h1-5,10-12H,6-9H2,(H,19,20). The van der Waals surface area contributed by atoms with Crippen molar-refractivity contribution < 1.29 is 9.59 Å². The number of pyridine rings is 1. The van der Waals surface area contributed by atoms with Crippen LogP contribution in [0.25, 0.3) is 0 Å². The van der Waals surface area contributed by atoms with Crippen LogP contribution in [0, 0.1) is 0 Å². The lowest BCUT2D eigenvalue weighted by Crippen LogP contribution is -2.48. The Morgan fingerprint density at radius 3 is 2.58 bits per heavy atom. The Kier molecular flexibility index (Phi) is 4.96. The van der Waals surface area contributed by atoms with E-state index in [0.29, 0.717) is 36.9 Å². The number of nitrogens with one attached hydrogen (secondary N) is 1. The highest BCUT2D eigenvalue weighted by Gasteiger charge is 2.22. The Bertz CT molecular complexity index is 745. The van der Waals surface area contributed by atoms with Crippen LogP contribution in [0.3, 0.4) is 0 Å². The van der Waals surface area contributed by atoms with Gasteiger partial charge in [0.25, 0.3) is 5.91 Å². The molecule has 0 spiro atoms. The molecule has 24 heavy (non-hydrogen) atoms. The zero-order chi connectivity index (χ0) is 16.9. The number of carbonyl (C=O) groups is 2. The summed E-state index contributed by atoms with van der Waals surface area (Å²) in [5.74, 6) is -0.129. The van der Waals surface area contributed by atoms with Crippen molar-refractivity contribution in [2.45, 2.75) is 0 Å². The minimum atomic E-state index is -0.129. The largest absolute Gasteiger partial charge is 0.355 e. The number of amides is 2. The third-order valence-corrected chi connectivity index (χ3v) is 4.08. The monoisotopic (exact) mass is 344 g/mol. The van der Waals surface area contributed by atoms with Crippen LogP contribution in [0.1, 0.15) is 10.5 Å². The van der Waals surface area contributed by atoms with Crippen molar-refractivity contribution in [2.75, 3.05) is 31.5 Å². The second-order valence-electron chi connectivity index (χ2n) is 5.50. The summed E-state index contributed by atoms with van der Waals surface area (Å²) in [5.41, 5.74) is 1.98. The number of aromatic nitrogens is 1. The average Bonchev–Trinajstić information content (AvgIpc) is 2.61. The molecule has 7 heteroatoms. The lowest BCUT2D eigenvalue weighted by atomic mass is 10.2. The van der Waals surface area contributed by atoms with Gasteiger partial charge in [0.1, 0.15) is 5.69 Å². The molecule has 0 saturated carbocycles. The van der Waals surface area contributed by atoms with E-state index in [1.807, 2.05) is 18.2 Å². The van der Waals surface area contributed by atoms with Gasteiger partial charge < -0.3 is 15.1 Å². The van der Waals surface area contributed by atoms with Crippen LogP contribution in [0.2, 0.25) is 5.02 Å². The van der Waals surface area contributed by atoms with Gasteiger partial charge in [-0.05, 0) is 30.3 Å². The number of benzene rings is 1. The summed E-state index contributed by atoms with van der Waals surface area (Å²) in [5, 5.41) is 3.85. The molecule has 0 radical (unpaired) electrons. The van der Waals surface area contributed by atoms with E-state index in [2.05, 4.69) is 10.3 Å². The quantitative estimate of drug-likeness (QED) is 0.865. The lowest BCUT2D eigenvalue weighted by molar-refractivity contribution is -0.119. The van der Waals surface area contributed by atoms with E-state index in [0.717, 1.165) is 17.8 Å². The van der Waals surface area contributed by atoms with E-state index >= 15 is 0 Å². The molecule has 0 aliphatic carbocycles. The molecule has 0 bridgehead atoms. The molecule has 2 aromatic rings. The van der Waals surface area contributed by atoms with Crippen LogP contribution in [0.5, 0.6) is 0 Å². The second kappa shape index (κ2) is 7.31. The van der Waals surface area contributed by atoms with Gasteiger partial charge in [-0.15, -0.1) is 0 Å². The van der Waals surface area contributed by atoms with Gasteiger partial charge >= 0.3 is 0 Å². The summed E-state index contributed by atoms with van der Waals surface area (Å²) in [4.78, 5) is 30.8. The van der Waals surface area contributed by atoms with Gasteiger partial charge in [0.15, 0.2) is 0 Å². The fourth-order valence-electron chi connectivity index (χ4n) is 2.55. The SMILES string of the molecule is O=CN1CCN(C(=O)c2cc(Nc3cccc(Cl)c3)ccn2)CC1. The molecule has 2 amide bonds. The number of hydrogen-bond acceptors (Lipinski definition) is 4. The number of hydrogen-bond donors (Lipinski definition) is 1. The third-order valence-electron chi connectivity index (χ3n) is 3.84. The first-order chi connectivity index (χ1) is 11.7. The predicted octanol–water partition coefficient (Wildman–Crippen LogP) is 2.39. The second-order valence-corrected chi connectivity index (χ2v) is 5.94.